The third kappa shape index (κ3) is 3.59. The first kappa shape index (κ1) is 21.8. The summed E-state index contributed by atoms with van der Waals surface area (Å²) in [5.74, 6) is 1.09. The van der Waals surface area contributed by atoms with E-state index in [9.17, 15) is 5.11 Å². The number of likely N-dealkylation sites (N-methyl/N-ethyl adjacent to an activating group) is 1. The van der Waals surface area contributed by atoms with E-state index in [1.807, 2.05) is 21.0 Å². The number of nitrogens with zero attached hydrogens (tertiary/aromatic N) is 2. The number of halogens is 1. The van der Waals surface area contributed by atoms with Crippen LogP contribution in [-0.2, 0) is 4.74 Å². The van der Waals surface area contributed by atoms with Gasteiger partial charge in [0.05, 0.1) is 16.6 Å². The Morgan fingerprint density at radius 3 is 2.11 bits per heavy atom. The minimum Gasteiger partial charge on any atom is -0.660 e. The maximum absolute atomic E-state index is 11.2. The monoisotopic (exact) mass is 398 g/mol. The number of hydrogen-bond donors (Lipinski definition) is 1. The zero-order valence-corrected chi connectivity index (χ0v) is 19.0. The lowest BCUT2D eigenvalue weighted by atomic mass is 9.50. The summed E-state index contributed by atoms with van der Waals surface area (Å²) in [4.78, 5) is 0. The molecular formula is C22H39ClN2O2-2. The largest absolute Gasteiger partial charge is 0.660 e. The van der Waals surface area contributed by atoms with Crippen molar-refractivity contribution in [1.29, 1.82) is 0 Å². The standard InChI is InChI=1S/C22H39ClN2O2/c1-19(2)16(23)10-13-22(5,27-19)15-8-11-20(3,25-7)14-9-12-21(4,26)18(24-6)17(14)15/h14-18,26H,8-13H2,1-7H3/q-2. The second-order valence-electron chi connectivity index (χ2n) is 10.5. The van der Waals surface area contributed by atoms with Crippen molar-refractivity contribution in [1.82, 2.24) is 0 Å². The highest BCUT2D eigenvalue weighted by Gasteiger charge is 2.56. The Morgan fingerprint density at radius 1 is 0.926 bits per heavy atom. The van der Waals surface area contributed by atoms with Crippen molar-refractivity contribution in [2.45, 2.75) is 107 Å². The summed E-state index contributed by atoms with van der Waals surface area (Å²) in [5, 5.41) is 20.8. The van der Waals surface area contributed by atoms with Crippen LogP contribution in [0.1, 0.15) is 73.1 Å². The van der Waals surface area contributed by atoms with Gasteiger partial charge in [-0.25, -0.2) is 0 Å². The molecule has 2 aliphatic carbocycles. The molecule has 0 aromatic carbocycles. The molecule has 5 heteroatoms. The summed E-state index contributed by atoms with van der Waals surface area (Å²) in [6.45, 7) is 10.8. The van der Waals surface area contributed by atoms with Crippen LogP contribution in [0.15, 0.2) is 0 Å². The van der Waals surface area contributed by atoms with Gasteiger partial charge in [-0.15, -0.1) is 23.2 Å². The molecule has 2 saturated carbocycles. The summed E-state index contributed by atoms with van der Waals surface area (Å²) in [6.07, 6.45) is 5.89. The summed E-state index contributed by atoms with van der Waals surface area (Å²) < 4.78 is 6.74. The molecular weight excluding hydrogens is 360 g/mol. The normalized spacial score (nSPS) is 53.0. The molecule has 0 amide bonds. The number of hydrogen-bond acceptors (Lipinski definition) is 2. The Morgan fingerprint density at radius 2 is 1.56 bits per heavy atom. The highest BCUT2D eigenvalue weighted by molar-refractivity contribution is 6.21. The van der Waals surface area contributed by atoms with Crippen LogP contribution in [0.3, 0.4) is 0 Å². The molecule has 27 heavy (non-hydrogen) atoms. The van der Waals surface area contributed by atoms with Crippen LogP contribution < -0.4 is 0 Å². The van der Waals surface area contributed by atoms with Crippen LogP contribution in [0.2, 0.25) is 0 Å². The van der Waals surface area contributed by atoms with Crippen molar-refractivity contribution < 1.29 is 9.84 Å². The van der Waals surface area contributed by atoms with E-state index in [4.69, 9.17) is 27.0 Å². The third-order valence-corrected chi connectivity index (χ3v) is 9.11. The number of ether oxygens (including phenoxy) is 1. The molecule has 0 spiro atoms. The number of aliphatic hydroxyl groups is 1. The van der Waals surface area contributed by atoms with Gasteiger partial charge in [0.2, 0.25) is 0 Å². The fraction of sp³-hybridized carbons (Fsp3) is 1.00. The average Bonchev–Trinajstić information content (AvgIpc) is 2.57. The van der Waals surface area contributed by atoms with Crippen molar-refractivity contribution >= 4 is 11.6 Å². The highest BCUT2D eigenvalue weighted by Crippen LogP contribution is 2.59. The molecule has 3 aliphatic rings. The van der Waals surface area contributed by atoms with E-state index >= 15 is 0 Å². The molecule has 3 rings (SSSR count). The van der Waals surface area contributed by atoms with Crippen LogP contribution in [0.4, 0.5) is 0 Å². The van der Waals surface area contributed by atoms with Gasteiger partial charge in [-0.3, -0.25) is 0 Å². The molecule has 0 radical (unpaired) electrons. The van der Waals surface area contributed by atoms with Crippen molar-refractivity contribution in [3.8, 4) is 0 Å². The summed E-state index contributed by atoms with van der Waals surface area (Å²) in [5.41, 5.74) is -1.36. The van der Waals surface area contributed by atoms with E-state index in [0.29, 0.717) is 11.8 Å². The van der Waals surface area contributed by atoms with Crippen molar-refractivity contribution in [2.75, 3.05) is 14.1 Å². The van der Waals surface area contributed by atoms with Gasteiger partial charge in [0.15, 0.2) is 0 Å². The SMILES string of the molecule is C[N-]C1C2C(CCC1(C)O)C(C)([N-]C)CCC2C1(C)CCC(Cl)C(C)(C)O1. The second kappa shape index (κ2) is 7.12. The van der Waals surface area contributed by atoms with Crippen LogP contribution in [-0.4, -0.2) is 53.0 Å². The van der Waals surface area contributed by atoms with Crippen LogP contribution >= 0.6 is 11.6 Å². The Hall–Kier alpha value is 0.130. The topological polar surface area (TPSA) is 57.7 Å². The van der Waals surface area contributed by atoms with Gasteiger partial charge in [0.1, 0.15) is 0 Å². The van der Waals surface area contributed by atoms with Gasteiger partial charge in [-0.2, -0.15) is 14.1 Å². The zero-order chi connectivity index (χ0) is 20.3. The van der Waals surface area contributed by atoms with Gasteiger partial charge in [-0.05, 0) is 71.6 Å². The van der Waals surface area contributed by atoms with Crippen LogP contribution in [0.5, 0.6) is 0 Å². The van der Waals surface area contributed by atoms with Gasteiger partial charge < -0.3 is 20.5 Å². The second-order valence-corrected chi connectivity index (χ2v) is 11.1. The van der Waals surface area contributed by atoms with Gasteiger partial charge in [0.25, 0.3) is 0 Å². The minimum absolute atomic E-state index is 0.0316. The number of fused-ring (bicyclic) bond motifs is 1. The van der Waals surface area contributed by atoms with Crippen molar-refractivity contribution in [2.24, 2.45) is 17.8 Å². The molecule has 1 saturated heterocycles. The molecule has 0 bridgehead atoms. The first-order valence-corrected chi connectivity index (χ1v) is 11.1. The molecule has 4 nitrogen and oxygen atoms in total. The maximum atomic E-state index is 11.2. The smallest absolute Gasteiger partial charge is 0.0796 e. The quantitative estimate of drug-likeness (QED) is 0.659. The summed E-state index contributed by atoms with van der Waals surface area (Å²) in [6, 6.07) is -0.0695. The number of alkyl halides is 1. The van der Waals surface area contributed by atoms with E-state index in [0.717, 1.165) is 38.5 Å². The summed E-state index contributed by atoms with van der Waals surface area (Å²) in [7, 11) is 3.83. The molecule has 158 valence electrons. The highest BCUT2D eigenvalue weighted by atomic mass is 35.5. The Labute approximate surface area is 171 Å². The van der Waals surface area contributed by atoms with Gasteiger partial charge >= 0.3 is 0 Å². The van der Waals surface area contributed by atoms with E-state index in [1.54, 1.807) is 0 Å². The lowest BCUT2D eigenvalue weighted by Crippen LogP contribution is -2.64. The molecule has 0 aromatic rings. The lowest BCUT2D eigenvalue weighted by Gasteiger charge is -2.68. The number of rotatable bonds is 3. The van der Waals surface area contributed by atoms with E-state index in [2.05, 4.69) is 27.7 Å². The summed E-state index contributed by atoms with van der Waals surface area (Å²) >= 11 is 6.58. The molecule has 8 atom stereocenters. The molecule has 8 unspecified atom stereocenters. The van der Waals surface area contributed by atoms with Crippen LogP contribution in [0.25, 0.3) is 10.6 Å². The van der Waals surface area contributed by atoms with Crippen molar-refractivity contribution in [3.05, 3.63) is 10.6 Å². The van der Waals surface area contributed by atoms with Crippen LogP contribution in [0, 0.1) is 17.8 Å². The molecule has 1 heterocycles. The minimum atomic E-state index is -0.754. The predicted octanol–water partition coefficient (Wildman–Crippen LogP) is 5.26. The Bertz CT molecular complexity index is 554. The van der Waals surface area contributed by atoms with Gasteiger partial charge in [-0.1, -0.05) is 19.3 Å². The third-order valence-electron chi connectivity index (χ3n) is 8.37. The van der Waals surface area contributed by atoms with Gasteiger partial charge in [0, 0.05) is 5.60 Å². The predicted molar refractivity (Wildman–Crippen MR) is 113 cm³/mol. The van der Waals surface area contributed by atoms with E-state index in [1.165, 1.54) is 0 Å². The van der Waals surface area contributed by atoms with Crippen molar-refractivity contribution in [3.63, 3.8) is 0 Å². The Kier molecular flexibility index (Phi) is 5.76. The zero-order valence-electron chi connectivity index (χ0n) is 18.3. The Balaban J connectivity index is 2.00. The fourth-order valence-corrected chi connectivity index (χ4v) is 6.81. The lowest BCUT2D eigenvalue weighted by molar-refractivity contribution is -0.217. The molecule has 1 aliphatic heterocycles. The van der Waals surface area contributed by atoms with E-state index in [-0.39, 0.29) is 34.1 Å². The first-order chi connectivity index (χ1) is 12.4. The maximum Gasteiger partial charge on any atom is 0.0796 e. The fourth-order valence-electron chi connectivity index (χ4n) is 6.65. The molecule has 1 N–H and O–H groups in total. The van der Waals surface area contributed by atoms with E-state index < -0.39 is 5.60 Å². The first-order valence-electron chi connectivity index (χ1n) is 10.7. The molecule has 3 fully saturated rings. The molecule has 0 aromatic heterocycles. The average molecular weight is 399 g/mol.